The van der Waals surface area contributed by atoms with Crippen molar-refractivity contribution in [3.8, 4) is 11.1 Å². The molecule has 35 heavy (non-hydrogen) atoms. The Morgan fingerprint density at radius 3 is 1.80 bits per heavy atom. The van der Waals surface area contributed by atoms with Crippen LogP contribution in [0, 0.1) is 0 Å². The number of rotatable bonds is 1. The maximum Gasteiger partial charge on any atom is 0.147 e. The fourth-order valence-corrected chi connectivity index (χ4v) is 6.28. The molecule has 2 heterocycles. The summed E-state index contributed by atoms with van der Waals surface area (Å²) in [6, 6.07) is 36.1. The molecule has 0 amide bonds. The van der Waals surface area contributed by atoms with Crippen LogP contribution in [0.1, 0.15) is 0 Å². The van der Waals surface area contributed by atoms with Crippen LogP contribution in [0.2, 0.25) is 0 Å². The third-order valence-corrected chi connectivity index (χ3v) is 7.99. The van der Waals surface area contributed by atoms with Gasteiger partial charge >= 0.3 is 0 Å². The molecular formula is C32H17BrO2. The predicted octanol–water partition coefficient (Wildman–Crippen LogP) is 10.2. The average molecular weight is 513 g/mol. The largest absolute Gasteiger partial charge is 0.456 e. The van der Waals surface area contributed by atoms with E-state index in [1.54, 1.807) is 0 Å². The van der Waals surface area contributed by atoms with Crippen LogP contribution in [0.5, 0.6) is 0 Å². The lowest BCUT2D eigenvalue weighted by molar-refractivity contribution is 0.663. The molecule has 0 saturated heterocycles. The zero-order valence-corrected chi connectivity index (χ0v) is 20.1. The molecule has 8 aromatic rings. The highest BCUT2D eigenvalue weighted by Crippen LogP contribution is 2.44. The van der Waals surface area contributed by atoms with Crippen molar-refractivity contribution in [2.45, 2.75) is 0 Å². The zero-order chi connectivity index (χ0) is 23.1. The Kier molecular flexibility index (Phi) is 3.83. The Morgan fingerprint density at radius 2 is 1.06 bits per heavy atom. The first-order chi connectivity index (χ1) is 17.3. The number of halogens is 1. The van der Waals surface area contributed by atoms with E-state index in [9.17, 15) is 0 Å². The average Bonchev–Trinajstić information content (AvgIpc) is 3.47. The number of para-hydroxylation sites is 1. The van der Waals surface area contributed by atoms with Gasteiger partial charge in [0.15, 0.2) is 0 Å². The van der Waals surface area contributed by atoms with Crippen LogP contribution in [0.25, 0.3) is 76.5 Å². The molecule has 0 aliphatic heterocycles. The number of fused-ring (bicyclic) bond motifs is 9. The standard InChI is InChI=1S/C32H17BrO2/c33-31-21-9-3-1-7-19(21)29(20-8-2-4-10-22(20)31)18-13-15-27-25(17-18)23-14-16-28-30(32(23)35-27)24-11-5-6-12-26(24)34-28/h1-17H. The molecule has 0 saturated carbocycles. The SMILES string of the molecule is Brc1c2ccccc2c(-c2ccc3oc4c(ccc5oc6ccccc6c54)c3c2)c2ccccc12. The lowest BCUT2D eigenvalue weighted by Crippen LogP contribution is -1.87. The molecule has 0 N–H and O–H groups in total. The molecule has 0 unspecified atom stereocenters. The molecule has 0 radical (unpaired) electrons. The summed E-state index contributed by atoms with van der Waals surface area (Å²) in [6.07, 6.45) is 0. The Bertz CT molecular complexity index is 2070. The topological polar surface area (TPSA) is 26.3 Å². The van der Waals surface area contributed by atoms with Crippen LogP contribution in [0.15, 0.2) is 116 Å². The Labute approximate surface area is 208 Å². The van der Waals surface area contributed by atoms with Crippen LogP contribution < -0.4 is 0 Å². The lowest BCUT2D eigenvalue weighted by Gasteiger charge is -2.14. The summed E-state index contributed by atoms with van der Waals surface area (Å²) in [5.41, 5.74) is 5.91. The highest BCUT2D eigenvalue weighted by molar-refractivity contribution is 9.10. The van der Waals surface area contributed by atoms with E-state index in [1.807, 2.05) is 18.2 Å². The normalized spacial score (nSPS) is 12.1. The van der Waals surface area contributed by atoms with Crippen LogP contribution >= 0.6 is 15.9 Å². The summed E-state index contributed by atoms with van der Waals surface area (Å²) >= 11 is 3.87. The maximum absolute atomic E-state index is 6.45. The third-order valence-electron chi connectivity index (χ3n) is 7.13. The van der Waals surface area contributed by atoms with Gasteiger partial charge in [-0.3, -0.25) is 0 Å². The minimum absolute atomic E-state index is 0.850. The van der Waals surface area contributed by atoms with E-state index in [1.165, 1.54) is 32.7 Å². The summed E-state index contributed by atoms with van der Waals surface area (Å²) in [5, 5.41) is 9.22. The van der Waals surface area contributed by atoms with Gasteiger partial charge in [-0.25, -0.2) is 0 Å². The molecule has 0 bridgehead atoms. The molecule has 0 spiro atoms. The second kappa shape index (κ2) is 6.97. The highest BCUT2D eigenvalue weighted by atomic mass is 79.9. The van der Waals surface area contributed by atoms with E-state index in [0.29, 0.717) is 0 Å². The second-order valence-corrected chi connectivity index (χ2v) is 9.80. The van der Waals surface area contributed by atoms with E-state index >= 15 is 0 Å². The van der Waals surface area contributed by atoms with Gasteiger partial charge in [0.25, 0.3) is 0 Å². The van der Waals surface area contributed by atoms with Crippen molar-refractivity contribution in [1.29, 1.82) is 0 Å². The van der Waals surface area contributed by atoms with Crippen molar-refractivity contribution < 1.29 is 8.83 Å². The number of furan rings is 2. The van der Waals surface area contributed by atoms with Gasteiger partial charge in [-0.15, -0.1) is 0 Å². The summed E-state index contributed by atoms with van der Waals surface area (Å²) < 4.78 is 13.7. The monoisotopic (exact) mass is 512 g/mol. The first-order valence-electron chi connectivity index (χ1n) is 11.6. The number of hydrogen-bond acceptors (Lipinski definition) is 2. The first-order valence-corrected chi connectivity index (χ1v) is 12.4. The van der Waals surface area contributed by atoms with Crippen molar-refractivity contribution >= 4 is 81.4 Å². The second-order valence-electron chi connectivity index (χ2n) is 9.01. The van der Waals surface area contributed by atoms with Gasteiger partial charge in [-0.05, 0) is 78.9 Å². The van der Waals surface area contributed by atoms with Gasteiger partial charge < -0.3 is 8.83 Å². The Morgan fingerprint density at radius 1 is 0.457 bits per heavy atom. The predicted molar refractivity (Wildman–Crippen MR) is 149 cm³/mol. The summed E-state index contributed by atoms with van der Waals surface area (Å²) in [7, 11) is 0. The fourth-order valence-electron chi connectivity index (χ4n) is 5.58. The van der Waals surface area contributed by atoms with Crippen LogP contribution in [0.3, 0.4) is 0 Å². The van der Waals surface area contributed by atoms with Gasteiger partial charge in [0.2, 0.25) is 0 Å². The molecule has 6 aromatic carbocycles. The highest BCUT2D eigenvalue weighted by Gasteiger charge is 2.18. The third kappa shape index (κ3) is 2.59. The summed E-state index contributed by atoms with van der Waals surface area (Å²) in [6.45, 7) is 0. The van der Waals surface area contributed by atoms with E-state index in [-0.39, 0.29) is 0 Å². The smallest absolute Gasteiger partial charge is 0.147 e. The van der Waals surface area contributed by atoms with Gasteiger partial charge in [0.05, 0.1) is 5.39 Å². The van der Waals surface area contributed by atoms with Crippen molar-refractivity contribution in [2.75, 3.05) is 0 Å². The lowest BCUT2D eigenvalue weighted by atomic mass is 9.91. The molecular weight excluding hydrogens is 496 g/mol. The zero-order valence-electron chi connectivity index (χ0n) is 18.5. The minimum atomic E-state index is 0.850. The molecule has 8 rings (SSSR count). The molecule has 0 atom stereocenters. The van der Waals surface area contributed by atoms with Crippen molar-refractivity contribution in [1.82, 2.24) is 0 Å². The van der Waals surface area contributed by atoms with Gasteiger partial charge in [0.1, 0.15) is 22.3 Å². The van der Waals surface area contributed by atoms with Gasteiger partial charge in [-0.2, -0.15) is 0 Å². The van der Waals surface area contributed by atoms with Crippen molar-refractivity contribution in [3.05, 3.63) is 108 Å². The molecule has 2 aromatic heterocycles. The van der Waals surface area contributed by atoms with E-state index in [0.717, 1.165) is 48.3 Å². The van der Waals surface area contributed by atoms with Gasteiger partial charge in [0, 0.05) is 20.6 Å². The Hall–Kier alpha value is -4.08. The quantitative estimate of drug-likeness (QED) is 0.204. The van der Waals surface area contributed by atoms with Crippen molar-refractivity contribution in [2.24, 2.45) is 0 Å². The van der Waals surface area contributed by atoms with Crippen LogP contribution in [-0.4, -0.2) is 0 Å². The molecule has 0 fully saturated rings. The van der Waals surface area contributed by atoms with Crippen molar-refractivity contribution in [3.63, 3.8) is 0 Å². The molecule has 164 valence electrons. The summed E-state index contributed by atoms with van der Waals surface area (Å²) in [4.78, 5) is 0. The molecule has 0 aliphatic rings. The molecule has 3 heteroatoms. The fraction of sp³-hybridized carbons (Fsp3) is 0. The van der Waals surface area contributed by atoms with E-state index in [2.05, 4.69) is 101 Å². The van der Waals surface area contributed by atoms with Crippen LogP contribution in [-0.2, 0) is 0 Å². The summed E-state index contributed by atoms with van der Waals surface area (Å²) in [5.74, 6) is 0. The van der Waals surface area contributed by atoms with E-state index < -0.39 is 0 Å². The number of hydrogen-bond donors (Lipinski definition) is 0. The minimum Gasteiger partial charge on any atom is -0.456 e. The maximum atomic E-state index is 6.45. The first kappa shape index (κ1) is 19.2. The Balaban J connectivity index is 1.49. The molecule has 2 nitrogen and oxygen atoms in total. The number of benzene rings is 6. The molecule has 0 aliphatic carbocycles. The van der Waals surface area contributed by atoms with Crippen LogP contribution in [0.4, 0.5) is 0 Å². The van der Waals surface area contributed by atoms with E-state index in [4.69, 9.17) is 8.83 Å². The van der Waals surface area contributed by atoms with Gasteiger partial charge in [-0.1, -0.05) is 72.8 Å².